The molecule has 0 spiro atoms. The fourth-order valence-electron chi connectivity index (χ4n) is 1.90. The minimum Gasteiger partial charge on any atom is -0.378 e. The second-order valence-electron chi connectivity index (χ2n) is 3.83. The Hall–Kier alpha value is -1.42. The van der Waals surface area contributed by atoms with Crippen LogP contribution in [0.25, 0.3) is 0 Å². The average molecular weight is 219 g/mol. The lowest BCUT2D eigenvalue weighted by atomic mass is 10.1. The van der Waals surface area contributed by atoms with Crippen molar-refractivity contribution in [2.75, 3.05) is 26.3 Å². The number of nitrogens with one attached hydrogen (secondary N) is 1. The van der Waals surface area contributed by atoms with Crippen LogP contribution in [-0.2, 0) is 11.2 Å². The van der Waals surface area contributed by atoms with E-state index in [1.165, 1.54) is 0 Å². The minimum atomic E-state index is 0.600. The summed E-state index contributed by atoms with van der Waals surface area (Å²) in [5, 5.41) is 8.21. The fourth-order valence-corrected chi connectivity index (χ4v) is 1.90. The van der Waals surface area contributed by atoms with Crippen molar-refractivity contribution < 1.29 is 4.74 Å². The van der Waals surface area contributed by atoms with Crippen LogP contribution in [0.1, 0.15) is 18.1 Å². The van der Waals surface area contributed by atoms with E-state index in [0.717, 1.165) is 43.9 Å². The maximum absolute atomic E-state index is 8.21. The highest BCUT2D eigenvalue weighted by atomic mass is 16.5. The second-order valence-corrected chi connectivity index (χ2v) is 3.83. The highest BCUT2D eigenvalue weighted by Crippen LogP contribution is 2.12. The van der Waals surface area contributed by atoms with Gasteiger partial charge in [0, 0.05) is 31.0 Å². The zero-order valence-electron chi connectivity index (χ0n) is 9.57. The van der Waals surface area contributed by atoms with Crippen LogP contribution in [0.5, 0.6) is 0 Å². The Balaban J connectivity index is 2.19. The molecular weight excluding hydrogens is 202 g/mol. The lowest BCUT2D eigenvalue weighted by molar-refractivity contribution is 0.0679. The van der Waals surface area contributed by atoms with Gasteiger partial charge in [0.1, 0.15) is 5.84 Å². The van der Waals surface area contributed by atoms with Gasteiger partial charge in [0.2, 0.25) is 0 Å². The predicted molar refractivity (Wildman–Crippen MR) is 62.8 cm³/mol. The van der Waals surface area contributed by atoms with Gasteiger partial charge in [-0.1, -0.05) is 6.92 Å². The third-order valence-electron chi connectivity index (χ3n) is 2.87. The van der Waals surface area contributed by atoms with E-state index < -0.39 is 0 Å². The Morgan fingerprint density at radius 2 is 2.25 bits per heavy atom. The van der Waals surface area contributed by atoms with Gasteiger partial charge in [0.05, 0.1) is 13.2 Å². The summed E-state index contributed by atoms with van der Waals surface area (Å²) in [6.07, 6.45) is 4.52. The van der Waals surface area contributed by atoms with Crippen molar-refractivity contribution in [3.8, 4) is 0 Å². The number of ether oxygens (including phenoxy) is 1. The predicted octanol–water partition coefficient (Wildman–Crippen LogP) is 1.30. The molecular formula is C12H17N3O. The lowest BCUT2D eigenvalue weighted by Crippen LogP contribution is -2.41. The van der Waals surface area contributed by atoms with Crippen LogP contribution in [0, 0.1) is 5.41 Å². The molecule has 0 atom stereocenters. The molecule has 0 aromatic carbocycles. The van der Waals surface area contributed by atoms with Crippen LogP contribution in [-0.4, -0.2) is 42.0 Å². The standard InChI is InChI=1S/C12H17N3O/c1-2-10-9-14-4-3-11(10)12(13)15-5-7-16-8-6-15/h3-4,9,13H,2,5-8H2,1H3. The number of hydrogen-bond acceptors (Lipinski definition) is 3. The number of aromatic nitrogens is 1. The Morgan fingerprint density at radius 1 is 1.50 bits per heavy atom. The van der Waals surface area contributed by atoms with Gasteiger partial charge in [-0.3, -0.25) is 10.4 Å². The van der Waals surface area contributed by atoms with Crippen LogP contribution in [0.3, 0.4) is 0 Å². The van der Waals surface area contributed by atoms with Gasteiger partial charge in [0.25, 0.3) is 0 Å². The molecule has 1 aliphatic rings. The zero-order chi connectivity index (χ0) is 11.4. The first-order chi connectivity index (χ1) is 7.83. The molecule has 1 aromatic rings. The van der Waals surface area contributed by atoms with Gasteiger partial charge in [-0.05, 0) is 18.1 Å². The number of nitrogens with zero attached hydrogens (tertiary/aromatic N) is 2. The largest absolute Gasteiger partial charge is 0.378 e. The molecule has 4 nitrogen and oxygen atoms in total. The van der Waals surface area contributed by atoms with Gasteiger partial charge in [-0.15, -0.1) is 0 Å². The topological polar surface area (TPSA) is 49.2 Å². The van der Waals surface area contributed by atoms with Crippen molar-refractivity contribution in [1.29, 1.82) is 5.41 Å². The third-order valence-corrected chi connectivity index (χ3v) is 2.87. The summed E-state index contributed by atoms with van der Waals surface area (Å²) in [4.78, 5) is 6.17. The van der Waals surface area contributed by atoms with E-state index in [1.807, 2.05) is 12.3 Å². The first-order valence-corrected chi connectivity index (χ1v) is 5.67. The van der Waals surface area contributed by atoms with Gasteiger partial charge >= 0.3 is 0 Å². The fraction of sp³-hybridized carbons (Fsp3) is 0.500. The average Bonchev–Trinajstić information content (AvgIpc) is 2.39. The summed E-state index contributed by atoms with van der Waals surface area (Å²) >= 11 is 0. The molecule has 0 unspecified atom stereocenters. The zero-order valence-corrected chi connectivity index (χ0v) is 9.57. The summed E-state index contributed by atoms with van der Waals surface area (Å²) in [5.41, 5.74) is 2.14. The molecule has 0 radical (unpaired) electrons. The number of hydrogen-bond donors (Lipinski definition) is 1. The Labute approximate surface area is 95.8 Å². The molecule has 16 heavy (non-hydrogen) atoms. The minimum absolute atomic E-state index is 0.600. The Kier molecular flexibility index (Phi) is 3.51. The molecule has 0 bridgehead atoms. The molecule has 86 valence electrons. The molecule has 1 aliphatic heterocycles. The smallest absolute Gasteiger partial charge is 0.128 e. The van der Waals surface area contributed by atoms with Crippen molar-refractivity contribution in [3.63, 3.8) is 0 Å². The summed E-state index contributed by atoms with van der Waals surface area (Å²) in [6, 6.07) is 1.93. The molecule has 1 N–H and O–H groups in total. The van der Waals surface area contributed by atoms with E-state index in [0.29, 0.717) is 5.84 Å². The summed E-state index contributed by atoms with van der Waals surface area (Å²) < 4.78 is 5.29. The SMILES string of the molecule is CCc1cnccc1C(=N)N1CCOCC1. The van der Waals surface area contributed by atoms with Gasteiger partial charge in [0.15, 0.2) is 0 Å². The molecule has 2 heterocycles. The maximum Gasteiger partial charge on any atom is 0.128 e. The Morgan fingerprint density at radius 3 is 2.94 bits per heavy atom. The van der Waals surface area contributed by atoms with E-state index in [1.54, 1.807) is 6.20 Å². The van der Waals surface area contributed by atoms with Crippen molar-refractivity contribution >= 4 is 5.84 Å². The van der Waals surface area contributed by atoms with E-state index in [9.17, 15) is 0 Å². The lowest BCUT2D eigenvalue weighted by Gasteiger charge is -2.29. The summed E-state index contributed by atoms with van der Waals surface area (Å²) in [7, 11) is 0. The van der Waals surface area contributed by atoms with Crippen LogP contribution in [0.4, 0.5) is 0 Å². The molecule has 1 saturated heterocycles. The van der Waals surface area contributed by atoms with Crippen LogP contribution in [0.15, 0.2) is 18.5 Å². The maximum atomic E-state index is 8.21. The number of rotatable bonds is 2. The van der Waals surface area contributed by atoms with Crippen LogP contribution in [0.2, 0.25) is 0 Å². The second kappa shape index (κ2) is 5.07. The molecule has 0 saturated carbocycles. The number of pyridine rings is 1. The number of morpholine rings is 1. The Bertz CT molecular complexity index is 372. The van der Waals surface area contributed by atoms with Crippen molar-refractivity contribution in [2.45, 2.75) is 13.3 Å². The van der Waals surface area contributed by atoms with E-state index in [2.05, 4.69) is 16.8 Å². The first-order valence-electron chi connectivity index (χ1n) is 5.67. The number of amidine groups is 1. The summed E-state index contributed by atoms with van der Waals surface area (Å²) in [5.74, 6) is 0.600. The highest BCUT2D eigenvalue weighted by molar-refractivity contribution is 5.97. The highest BCUT2D eigenvalue weighted by Gasteiger charge is 2.16. The van der Waals surface area contributed by atoms with Crippen molar-refractivity contribution in [1.82, 2.24) is 9.88 Å². The van der Waals surface area contributed by atoms with Crippen LogP contribution < -0.4 is 0 Å². The normalized spacial score (nSPS) is 16.2. The van der Waals surface area contributed by atoms with E-state index >= 15 is 0 Å². The molecule has 0 aliphatic carbocycles. The quantitative estimate of drug-likeness (QED) is 0.602. The van der Waals surface area contributed by atoms with Crippen molar-refractivity contribution in [2.24, 2.45) is 0 Å². The number of aryl methyl sites for hydroxylation is 1. The van der Waals surface area contributed by atoms with Gasteiger partial charge in [-0.2, -0.15) is 0 Å². The van der Waals surface area contributed by atoms with E-state index in [-0.39, 0.29) is 0 Å². The van der Waals surface area contributed by atoms with E-state index in [4.69, 9.17) is 10.1 Å². The third kappa shape index (κ3) is 2.22. The molecule has 1 aromatic heterocycles. The molecule has 0 amide bonds. The van der Waals surface area contributed by atoms with Crippen molar-refractivity contribution in [3.05, 3.63) is 29.6 Å². The summed E-state index contributed by atoms with van der Waals surface area (Å²) in [6.45, 7) is 5.14. The molecule has 2 rings (SSSR count). The molecule has 1 fully saturated rings. The van der Waals surface area contributed by atoms with Gasteiger partial charge in [-0.25, -0.2) is 0 Å². The monoisotopic (exact) mass is 219 g/mol. The van der Waals surface area contributed by atoms with Crippen LogP contribution >= 0.6 is 0 Å². The van der Waals surface area contributed by atoms with Gasteiger partial charge < -0.3 is 9.64 Å². The molecule has 4 heteroatoms. The first kappa shape index (κ1) is 11.1.